The second kappa shape index (κ2) is 9.14. The van der Waals surface area contributed by atoms with Crippen molar-refractivity contribution in [1.29, 1.82) is 0 Å². The average molecular weight is 491 g/mol. The second-order valence-electron chi connectivity index (χ2n) is 7.00. The number of aromatic nitrogens is 3. The first-order valence-corrected chi connectivity index (χ1v) is 10.5. The summed E-state index contributed by atoms with van der Waals surface area (Å²) in [6.07, 6.45) is -3.87. The number of aldehydes is 1. The monoisotopic (exact) mass is 491 g/mol. The van der Waals surface area contributed by atoms with Crippen molar-refractivity contribution in [2.24, 2.45) is 7.05 Å². The third-order valence-electron chi connectivity index (χ3n) is 4.88. The molecule has 0 fully saturated rings. The molecule has 0 unspecified atom stereocenters. The Kier molecular flexibility index (Phi) is 6.24. The molecule has 0 radical (unpaired) electrons. The minimum absolute atomic E-state index is 0.00266. The summed E-state index contributed by atoms with van der Waals surface area (Å²) >= 11 is 1.14. The van der Waals surface area contributed by atoms with Crippen molar-refractivity contribution in [2.75, 3.05) is 7.11 Å². The molecule has 4 rings (SSSR count). The molecule has 176 valence electrons. The van der Waals surface area contributed by atoms with Gasteiger partial charge in [-0.25, -0.2) is 9.78 Å². The Morgan fingerprint density at radius 2 is 1.91 bits per heavy atom. The van der Waals surface area contributed by atoms with Crippen LogP contribution in [0.4, 0.5) is 13.2 Å². The van der Waals surface area contributed by atoms with Crippen LogP contribution < -0.4 is 15.2 Å². The molecular weight excluding hydrogens is 475 g/mol. The van der Waals surface area contributed by atoms with Crippen molar-refractivity contribution < 1.29 is 32.0 Å². The van der Waals surface area contributed by atoms with Gasteiger partial charge in [-0.05, 0) is 24.3 Å². The summed E-state index contributed by atoms with van der Waals surface area (Å²) in [6.45, 7) is -0.00266. The number of ether oxygens (including phenoxy) is 2. The fourth-order valence-corrected chi connectivity index (χ4v) is 4.05. The van der Waals surface area contributed by atoms with Gasteiger partial charge in [0.25, 0.3) is 0 Å². The largest absolute Gasteiger partial charge is 0.496 e. The van der Waals surface area contributed by atoms with E-state index in [1.165, 1.54) is 30.9 Å². The van der Waals surface area contributed by atoms with E-state index in [-0.39, 0.29) is 18.1 Å². The van der Waals surface area contributed by atoms with E-state index in [4.69, 9.17) is 9.47 Å². The summed E-state index contributed by atoms with van der Waals surface area (Å²) in [5.41, 5.74) is 0.340. The van der Waals surface area contributed by atoms with Gasteiger partial charge in [0.2, 0.25) is 0 Å². The van der Waals surface area contributed by atoms with Crippen molar-refractivity contribution in [1.82, 2.24) is 14.7 Å². The summed E-state index contributed by atoms with van der Waals surface area (Å²) in [5, 5.41) is 4.13. The average Bonchev–Trinajstić information content (AvgIpc) is 3.40. The number of benzene rings is 2. The molecule has 0 bridgehead atoms. The second-order valence-corrected chi connectivity index (χ2v) is 8.09. The lowest BCUT2D eigenvalue weighted by molar-refractivity contribution is -0.137. The summed E-state index contributed by atoms with van der Waals surface area (Å²) < 4.78 is 55.4. The van der Waals surface area contributed by atoms with Crippen LogP contribution in [0.15, 0.2) is 51.8 Å². The van der Waals surface area contributed by atoms with E-state index < -0.39 is 17.5 Å². The highest BCUT2D eigenvalue weighted by Crippen LogP contribution is 2.35. The van der Waals surface area contributed by atoms with Crippen LogP contribution in [-0.4, -0.2) is 28.1 Å². The minimum atomic E-state index is -4.44. The zero-order valence-corrected chi connectivity index (χ0v) is 18.6. The number of halogens is 3. The number of nitrogens with zero attached hydrogens (tertiary/aromatic N) is 3. The van der Waals surface area contributed by atoms with Gasteiger partial charge in [0.15, 0.2) is 12.1 Å². The standard InChI is InChI=1S/C22H16F3N3O5S/c1-28-19(27-33-21(28)30)15-8-7-14(9-17(15)31-2)32-11-18-16(10-29)26-20(34-18)12-3-5-13(6-4-12)22(23,24)25/h3-10H,11H2,1-2H3. The number of carbonyl (C=O) groups excluding carboxylic acids is 1. The number of rotatable bonds is 7. The summed E-state index contributed by atoms with van der Waals surface area (Å²) in [6, 6.07) is 9.41. The van der Waals surface area contributed by atoms with Gasteiger partial charge in [0.05, 0.1) is 23.1 Å². The number of alkyl halides is 3. The van der Waals surface area contributed by atoms with E-state index in [1.54, 1.807) is 18.2 Å². The molecule has 0 aliphatic carbocycles. The summed E-state index contributed by atoms with van der Waals surface area (Å²) in [7, 11) is 2.96. The van der Waals surface area contributed by atoms with Crippen LogP contribution in [-0.2, 0) is 19.8 Å². The normalized spacial score (nSPS) is 11.4. The van der Waals surface area contributed by atoms with Gasteiger partial charge in [-0.3, -0.25) is 13.9 Å². The van der Waals surface area contributed by atoms with E-state index in [1.807, 2.05) is 0 Å². The van der Waals surface area contributed by atoms with Crippen molar-refractivity contribution in [2.45, 2.75) is 12.8 Å². The Hall–Kier alpha value is -3.93. The molecule has 0 aliphatic heterocycles. The molecule has 0 saturated carbocycles. The van der Waals surface area contributed by atoms with Crippen molar-refractivity contribution >= 4 is 17.6 Å². The Morgan fingerprint density at radius 3 is 2.50 bits per heavy atom. The number of thiazole rings is 1. The predicted molar refractivity (Wildman–Crippen MR) is 116 cm³/mol. The van der Waals surface area contributed by atoms with Gasteiger partial charge in [-0.15, -0.1) is 11.3 Å². The molecule has 0 N–H and O–H groups in total. The van der Waals surface area contributed by atoms with Crippen LogP contribution in [0.2, 0.25) is 0 Å². The van der Waals surface area contributed by atoms with Gasteiger partial charge in [0.1, 0.15) is 28.8 Å². The maximum Gasteiger partial charge on any atom is 0.441 e. The molecule has 12 heteroatoms. The van der Waals surface area contributed by atoms with Gasteiger partial charge >= 0.3 is 11.9 Å². The SMILES string of the molecule is COc1cc(OCc2sc(-c3ccc(C(F)(F)F)cc3)nc2C=O)ccc1-c1noc(=O)n1C. The molecule has 0 amide bonds. The van der Waals surface area contributed by atoms with E-state index in [0.29, 0.717) is 38.8 Å². The molecule has 2 heterocycles. The first kappa shape index (κ1) is 23.2. The maximum absolute atomic E-state index is 12.8. The Balaban J connectivity index is 1.55. The smallest absolute Gasteiger partial charge is 0.441 e. The maximum atomic E-state index is 12.8. The molecule has 34 heavy (non-hydrogen) atoms. The Bertz CT molecular complexity index is 1390. The Morgan fingerprint density at radius 1 is 1.18 bits per heavy atom. The fourth-order valence-electron chi connectivity index (χ4n) is 3.10. The third kappa shape index (κ3) is 4.57. The predicted octanol–water partition coefficient (Wildman–Crippen LogP) is 4.58. The molecule has 8 nitrogen and oxygen atoms in total. The number of carbonyl (C=O) groups is 1. The lowest BCUT2D eigenvalue weighted by Gasteiger charge is -2.10. The molecule has 2 aromatic carbocycles. The highest BCUT2D eigenvalue weighted by Gasteiger charge is 2.30. The van der Waals surface area contributed by atoms with Crippen LogP contribution in [0.25, 0.3) is 22.0 Å². The first-order chi connectivity index (χ1) is 16.2. The third-order valence-corrected chi connectivity index (χ3v) is 5.98. The number of methoxy groups -OCH3 is 1. The lowest BCUT2D eigenvalue weighted by atomic mass is 10.1. The number of hydrogen-bond acceptors (Lipinski definition) is 8. The van der Waals surface area contributed by atoms with Crippen LogP contribution >= 0.6 is 11.3 Å². The van der Waals surface area contributed by atoms with Gasteiger partial charge in [-0.1, -0.05) is 17.3 Å². The molecule has 2 aromatic heterocycles. The summed E-state index contributed by atoms with van der Waals surface area (Å²) in [4.78, 5) is 27.8. The first-order valence-electron chi connectivity index (χ1n) is 9.67. The van der Waals surface area contributed by atoms with Crippen LogP contribution in [0.3, 0.4) is 0 Å². The quantitative estimate of drug-likeness (QED) is 0.349. The molecule has 0 aliphatic rings. The van der Waals surface area contributed by atoms with E-state index >= 15 is 0 Å². The molecule has 0 saturated heterocycles. The van der Waals surface area contributed by atoms with E-state index in [2.05, 4.69) is 14.7 Å². The minimum Gasteiger partial charge on any atom is -0.496 e. The van der Waals surface area contributed by atoms with Crippen molar-refractivity contribution in [3.8, 4) is 33.5 Å². The lowest BCUT2D eigenvalue weighted by Crippen LogP contribution is -2.10. The van der Waals surface area contributed by atoms with Crippen molar-refractivity contribution in [3.05, 3.63) is 69.1 Å². The highest BCUT2D eigenvalue weighted by atomic mass is 32.1. The zero-order chi connectivity index (χ0) is 24.5. The topological polar surface area (TPSA) is 96.5 Å². The van der Waals surface area contributed by atoms with Crippen LogP contribution in [0, 0.1) is 0 Å². The van der Waals surface area contributed by atoms with Crippen molar-refractivity contribution in [3.63, 3.8) is 0 Å². The number of hydrogen-bond donors (Lipinski definition) is 0. The van der Waals surface area contributed by atoms with Gasteiger partial charge < -0.3 is 9.47 Å². The van der Waals surface area contributed by atoms with Gasteiger partial charge in [-0.2, -0.15) is 13.2 Å². The summed E-state index contributed by atoms with van der Waals surface area (Å²) in [5.74, 6) is 0.454. The van der Waals surface area contributed by atoms with E-state index in [9.17, 15) is 22.8 Å². The molecule has 4 aromatic rings. The van der Waals surface area contributed by atoms with E-state index in [0.717, 1.165) is 23.5 Å². The van der Waals surface area contributed by atoms with Gasteiger partial charge in [0, 0.05) is 18.7 Å². The molecule has 0 spiro atoms. The van der Waals surface area contributed by atoms with Crippen LogP contribution in [0.5, 0.6) is 11.5 Å². The van der Waals surface area contributed by atoms with Crippen LogP contribution in [0.1, 0.15) is 20.9 Å². The Labute approximate surface area is 194 Å². The fraction of sp³-hybridized carbons (Fsp3) is 0.182. The molecular formula is C22H16F3N3O5S. The zero-order valence-electron chi connectivity index (χ0n) is 17.8. The highest BCUT2D eigenvalue weighted by molar-refractivity contribution is 7.15. The molecule has 0 atom stereocenters.